The van der Waals surface area contributed by atoms with Crippen LogP contribution in [0.4, 0.5) is 5.69 Å². The molecule has 0 radical (unpaired) electrons. The van der Waals surface area contributed by atoms with E-state index in [0.29, 0.717) is 17.3 Å². The average Bonchev–Trinajstić information content (AvgIpc) is 2.78. The largest absolute Gasteiger partial charge is 0.484 e. The van der Waals surface area contributed by atoms with Crippen LogP contribution in [-0.2, 0) is 0 Å². The monoisotopic (exact) mass is 446 g/mol. The molecule has 0 aliphatic carbocycles. The summed E-state index contributed by atoms with van der Waals surface area (Å²) < 4.78 is 6.56. The highest BCUT2D eigenvalue weighted by Crippen LogP contribution is 2.32. The van der Waals surface area contributed by atoms with Gasteiger partial charge < -0.3 is 19.9 Å². The minimum Gasteiger partial charge on any atom is -0.484 e. The van der Waals surface area contributed by atoms with Crippen molar-refractivity contribution in [2.45, 2.75) is 26.4 Å². The summed E-state index contributed by atoms with van der Waals surface area (Å²) in [4.78, 5) is 3.97. The van der Waals surface area contributed by atoms with E-state index in [1.165, 1.54) is 0 Å². The Morgan fingerprint density at radius 2 is 1.67 bits per heavy atom. The third-order valence-electron chi connectivity index (χ3n) is 5.42. The molecule has 7 heteroatoms. The van der Waals surface area contributed by atoms with E-state index in [1.807, 2.05) is 70.4 Å². The SMILES string of the molecule is CC1=NN=C(N(C)C)C(=N)/C1=C(/C)Nc1ccccc1OC(CCN(C)C)c1ccccc1. The van der Waals surface area contributed by atoms with Crippen molar-refractivity contribution in [2.24, 2.45) is 10.2 Å². The molecule has 1 aliphatic rings. The van der Waals surface area contributed by atoms with Crippen molar-refractivity contribution in [2.75, 3.05) is 40.1 Å². The van der Waals surface area contributed by atoms with Crippen LogP contribution < -0.4 is 10.1 Å². The van der Waals surface area contributed by atoms with Crippen molar-refractivity contribution in [3.05, 3.63) is 71.4 Å². The molecule has 33 heavy (non-hydrogen) atoms. The lowest BCUT2D eigenvalue weighted by Crippen LogP contribution is -2.35. The molecule has 0 fully saturated rings. The first kappa shape index (κ1) is 24.2. The van der Waals surface area contributed by atoms with Gasteiger partial charge >= 0.3 is 0 Å². The molecule has 0 aromatic heterocycles. The van der Waals surface area contributed by atoms with Crippen LogP contribution in [0.3, 0.4) is 0 Å². The summed E-state index contributed by atoms with van der Waals surface area (Å²) in [7, 11) is 7.87. The topological polar surface area (TPSA) is 76.3 Å². The van der Waals surface area contributed by atoms with E-state index in [-0.39, 0.29) is 6.10 Å². The molecule has 3 rings (SSSR count). The standard InChI is InChI=1S/C26H34N6O/c1-18(24-19(2)29-30-26(25(24)27)32(5)6)28-21-14-10-11-15-23(21)33-22(16-17-31(3)4)20-12-8-7-9-13-20/h7-15,22,27-28H,16-17H2,1-6H3/b24-18-,27-25?. The number of nitrogens with one attached hydrogen (secondary N) is 2. The molecule has 0 saturated heterocycles. The second kappa shape index (κ2) is 10.9. The number of para-hydroxylation sites is 2. The number of benzene rings is 2. The molecule has 2 aromatic carbocycles. The van der Waals surface area contributed by atoms with Crippen molar-refractivity contribution in [1.29, 1.82) is 5.41 Å². The smallest absolute Gasteiger partial charge is 0.176 e. The first-order valence-corrected chi connectivity index (χ1v) is 11.1. The third-order valence-corrected chi connectivity index (χ3v) is 5.42. The molecule has 0 saturated carbocycles. The van der Waals surface area contributed by atoms with Gasteiger partial charge in [0.1, 0.15) is 17.6 Å². The minimum atomic E-state index is -0.0757. The zero-order valence-corrected chi connectivity index (χ0v) is 20.4. The maximum absolute atomic E-state index is 8.65. The molecule has 0 spiro atoms. The molecule has 2 N–H and O–H groups in total. The van der Waals surface area contributed by atoms with Gasteiger partial charge in [0.2, 0.25) is 0 Å². The van der Waals surface area contributed by atoms with Gasteiger partial charge in [0.05, 0.1) is 11.4 Å². The van der Waals surface area contributed by atoms with E-state index in [0.717, 1.165) is 41.2 Å². The van der Waals surface area contributed by atoms with E-state index >= 15 is 0 Å². The maximum atomic E-state index is 8.65. The number of hydrogen-bond acceptors (Lipinski definition) is 7. The van der Waals surface area contributed by atoms with Crippen LogP contribution in [0, 0.1) is 5.41 Å². The molecule has 7 nitrogen and oxygen atoms in total. The summed E-state index contributed by atoms with van der Waals surface area (Å²) >= 11 is 0. The highest BCUT2D eigenvalue weighted by atomic mass is 16.5. The number of rotatable bonds is 8. The van der Waals surface area contributed by atoms with Crippen molar-refractivity contribution in [3.63, 3.8) is 0 Å². The third kappa shape index (κ3) is 6.08. The molecule has 1 aliphatic heterocycles. The van der Waals surface area contributed by atoms with E-state index in [2.05, 4.69) is 46.6 Å². The molecular weight excluding hydrogens is 412 g/mol. The fraction of sp³-hybridized carbons (Fsp3) is 0.346. The first-order valence-electron chi connectivity index (χ1n) is 11.1. The van der Waals surface area contributed by atoms with Crippen LogP contribution in [0.15, 0.2) is 76.1 Å². The van der Waals surface area contributed by atoms with Gasteiger partial charge in [-0.15, -0.1) is 5.10 Å². The fourth-order valence-electron chi connectivity index (χ4n) is 3.71. The summed E-state index contributed by atoms with van der Waals surface area (Å²) in [6.07, 6.45) is 0.790. The molecular formula is C26H34N6O. The van der Waals surface area contributed by atoms with Gasteiger partial charge in [-0.3, -0.25) is 5.41 Å². The van der Waals surface area contributed by atoms with E-state index in [9.17, 15) is 0 Å². The number of hydrogen-bond donors (Lipinski definition) is 2. The van der Waals surface area contributed by atoms with Gasteiger partial charge in [0.15, 0.2) is 5.84 Å². The van der Waals surface area contributed by atoms with Gasteiger partial charge in [-0.1, -0.05) is 42.5 Å². The highest BCUT2D eigenvalue weighted by Gasteiger charge is 2.24. The van der Waals surface area contributed by atoms with Gasteiger partial charge in [-0.2, -0.15) is 5.10 Å². The van der Waals surface area contributed by atoms with Gasteiger partial charge in [0, 0.05) is 38.3 Å². The lowest BCUT2D eigenvalue weighted by atomic mass is 10.0. The summed E-state index contributed by atoms with van der Waals surface area (Å²) in [5.74, 6) is 1.30. The lowest BCUT2D eigenvalue weighted by molar-refractivity contribution is 0.180. The van der Waals surface area contributed by atoms with Crippen LogP contribution in [-0.4, -0.2) is 61.8 Å². The normalized spacial score (nSPS) is 16.2. The Bertz CT molecular complexity index is 1070. The number of ether oxygens (including phenoxy) is 1. The zero-order valence-electron chi connectivity index (χ0n) is 20.4. The number of amidine groups is 1. The lowest BCUT2D eigenvalue weighted by Gasteiger charge is -2.25. The first-order chi connectivity index (χ1) is 15.8. The molecule has 174 valence electrons. The molecule has 0 amide bonds. The Morgan fingerprint density at radius 1 is 1.00 bits per heavy atom. The van der Waals surface area contributed by atoms with E-state index < -0.39 is 0 Å². The Hall–Kier alpha value is -3.45. The Kier molecular flexibility index (Phi) is 8.01. The summed E-state index contributed by atoms with van der Waals surface area (Å²) in [6, 6.07) is 18.2. The molecule has 0 bridgehead atoms. The van der Waals surface area contributed by atoms with E-state index in [4.69, 9.17) is 10.1 Å². The Morgan fingerprint density at radius 3 is 2.33 bits per heavy atom. The van der Waals surface area contributed by atoms with E-state index in [1.54, 1.807) is 4.90 Å². The number of allylic oxidation sites excluding steroid dienone is 1. The maximum Gasteiger partial charge on any atom is 0.176 e. The minimum absolute atomic E-state index is 0.0757. The van der Waals surface area contributed by atoms with Gasteiger partial charge in [-0.05, 0) is 45.6 Å². The quantitative estimate of drug-likeness (QED) is 0.610. The predicted octanol–water partition coefficient (Wildman–Crippen LogP) is 4.81. The van der Waals surface area contributed by atoms with Crippen molar-refractivity contribution < 1.29 is 4.74 Å². The van der Waals surface area contributed by atoms with Crippen LogP contribution in [0.2, 0.25) is 0 Å². The molecule has 1 unspecified atom stereocenters. The summed E-state index contributed by atoms with van der Waals surface area (Å²) in [5.41, 5.74) is 4.63. The molecule has 2 aromatic rings. The van der Waals surface area contributed by atoms with Gasteiger partial charge in [0.25, 0.3) is 0 Å². The second-order valence-electron chi connectivity index (χ2n) is 8.61. The van der Waals surface area contributed by atoms with Gasteiger partial charge in [-0.25, -0.2) is 0 Å². The predicted molar refractivity (Wildman–Crippen MR) is 138 cm³/mol. The Balaban J connectivity index is 1.89. The molecule has 1 atom stereocenters. The highest BCUT2D eigenvalue weighted by molar-refractivity contribution is 6.53. The van der Waals surface area contributed by atoms with Crippen molar-refractivity contribution >= 4 is 22.9 Å². The second-order valence-corrected chi connectivity index (χ2v) is 8.61. The van der Waals surface area contributed by atoms with Crippen LogP contribution in [0.25, 0.3) is 0 Å². The number of nitrogens with zero attached hydrogens (tertiary/aromatic N) is 4. The summed E-state index contributed by atoms with van der Waals surface area (Å²) in [6.45, 7) is 4.75. The van der Waals surface area contributed by atoms with Crippen LogP contribution in [0.1, 0.15) is 31.9 Å². The fourth-order valence-corrected chi connectivity index (χ4v) is 3.71. The average molecular weight is 447 g/mol. The summed E-state index contributed by atoms with van der Waals surface area (Å²) in [5, 5.41) is 20.6. The zero-order chi connectivity index (χ0) is 24.0. The molecule has 1 heterocycles. The number of anilines is 1. The van der Waals surface area contributed by atoms with Crippen molar-refractivity contribution in [3.8, 4) is 5.75 Å². The Labute approximate surface area is 197 Å². The van der Waals surface area contributed by atoms with Crippen molar-refractivity contribution in [1.82, 2.24) is 9.80 Å². The van der Waals surface area contributed by atoms with Crippen LogP contribution >= 0.6 is 0 Å². The van der Waals surface area contributed by atoms with Crippen LogP contribution in [0.5, 0.6) is 5.75 Å².